The Morgan fingerprint density at radius 1 is 1.30 bits per heavy atom. The minimum Gasteiger partial charge on any atom is -0.304 e. The fourth-order valence-corrected chi connectivity index (χ4v) is 4.27. The van der Waals surface area contributed by atoms with Crippen LogP contribution < -0.4 is 4.72 Å². The van der Waals surface area contributed by atoms with Crippen LogP contribution in [0.25, 0.3) is 0 Å². The molecule has 0 unspecified atom stereocenters. The highest BCUT2D eigenvalue weighted by atomic mass is 32.2. The number of aryl methyl sites for hydroxylation is 2. The molecule has 6 nitrogen and oxygen atoms in total. The average molecular weight is 318 g/mol. The summed E-state index contributed by atoms with van der Waals surface area (Å²) in [5, 5.41) is 1.05. The summed E-state index contributed by atoms with van der Waals surface area (Å²) in [5.74, 6) is 0. The molecule has 1 aliphatic heterocycles. The maximum absolute atomic E-state index is 12.2. The van der Waals surface area contributed by atoms with Crippen molar-refractivity contribution in [2.24, 2.45) is 0 Å². The molecule has 2 rings (SSSR count). The van der Waals surface area contributed by atoms with Crippen molar-refractivity contribution in [1.82, 2.24) is 18.9 Å². The van der Waals surface area contributed by atoms with Crippen molar-refractivity contribution in [1.29, 1.82) is 0 Å². The van der Waals surface area contributed by atoms with E-state index in [0.29, 0.717) is 19.6 Å². The zero-order chi connectivity index (χ0) is 14.8. The van der Waals surface area contributed by atoms with Crippen molar-refractivity contribution >= 4 is 21.5 Å². The zero-order valence-electron chi connectivity index (χ0n) is 12.2. The van der Waals surface area contributed by atoms with Gasteiger partial charge in [-0.3, -0.25) is 0 Å². The molecule has 0 radical (unpaired) electrons. The van der Waals surface area contributed by atoms with Gasteiger partial charge in [0.2, 0.25) is 0 Å². The highest BCUT2D eigenvalue weighted by molar-refractivity contribution is 7.87. The number of piperazine rings is 1. The van der Waals surface area contributed by atoms with Gasteiger partial charge in [-0.2, -0.15) is 17.4 Å². The Morgan fingerprint density at radius 3 is 2.50 bits per heavy atom. The van der Waals surface area contributed by atoms with E-state index in [0.717, 1.165) is 35.1 Å². The fourth-order valence-electron chi connectivity index (χ4n) is 2.08. The largest absolute Gasteiger partial charge is 0.304 e. The van der Waals surface area contributed by atoms with Gasteiger partial charge in [0.15, 0.2) is 0 Å². The number of rotatable bonds is 5. The molecule has 0 atom stereocenters. The second kappa shape index (κ2) is 6.48. The Labute approximate surface area is 125 Å². The van der Waals surface area contributed by atoms with Gasteiger partial charge < -0.3 is 4.90 Å². The van der Waals surface area contributed by atoms with Gasteiger partial charge in [0.25, 0.3) is 10.2 Å². The average Bonchev–Trinajstić information content (AvgIpc) is 2.78. The van der Waals surface area contributed by atoms with Crippen molar-refractivity contribution in [2.45, 2.75) is 26.8 Å². The second-order valence-electron chi connectivity index (χ2n) is 5.00. The molecular weight excluding hydrogens is 296 g/mol. The maximum Gasteiger partial charge on any atom is 0.279 e. The third-order valence-electron chi connectivity index (χ3n) is 3.46. The van der Waals surface area contributed by atoms with E-state index in [1.165, 1.54) is 4.31 Å². The molecule has 0 saturated carbocycles. The first-order valence-electron chi connectivity index (χ1n) is 6.81. The normalized spacial score (nSPS) is 18.6. The standard InChI is InChI=1S/C12H22N4O2S2/c1-4-12-14-10(2)11(19-12)9-13-20(17,18)16-7-5-15(3)6-8-16/h13H,4-9H2,1-3H3. The van der Waals surface area contributed by atoms with Crippen LogP contribution in [0.3, 0.4) is 0 Å². The van der Waals surface area contributed by atoms with Crippen LogP contribution in [0, 0.1) is 6.92 Å². The molecule has 2 heterocycles. The van der Waals surface area contributed by atoms with Gasteiger partial charge in [-0.25, -0.2) is 4.98 Å². The monoisotopic (exact) mass is 318 g/mol. The van der Waals surface area contributed by atoms with E-state index in [4.69, 9.17) is 0 Å². The van der Waals surface area contributed by atoms with Gasteiger partial charge in [-0.15, -0.1) is 11.3 Å². The van der Waals surface area contributed by atoms with E-state index in [2.05, 4.69) is 21.5 Å². The Bertz CT molecular complexity index is 548. The maximum atomic E-state index is 12.2. The first kappa shape index (κ1) is 15.8. The van der Waals surface area contributed by atoms with E-state index in [1.54, 1.807) is 11.3 Å². The van der Waals surface area contributed by atoms with Crippen LogP contribution >= 0.6 is 11.3 Å². The van der Waals surface area contributed by atoms with Gasteiger partial charge in [0.1, 0.15) is 0 Å². The molecule has 1 aromatic heterocycles. The first-order chi connectivity index (χ1) is 9.42. The van der Waals surface area contributed by atoms with Gasteiger partial charge >= 0.3 is 0 Å². The van der Waals surface area contributed by atoms with Crippen molar-refractivity contribution in [2.75, 3.05) is 33.2 Å². The summed E-state index contributed by atoms with van der Waals surface area (Å²) in [6.07, 6.45) is 0.886. The van der Waals surface area contributed by atoms with Crippen LogP contribution in [-0.2, 0) is 23.2 Å². The molecule has 0 aliphatic carbocycles. The van der Waals surface area contributed by atoms with Gasteiger partial charge in [-0.1, -0.05) is 6.92 Å². The van der Waals surface area contributed by atoms with Gasteiger partial charge in [-0.05, 0) is 20.4 Å². The van der Waals surface area contributed by atoms with Crippen molar-refractivity contribution in [3.05, 3.63) is 15.6 Å². The third kappa shape index (κ3) is 3.76. The van der Waals surface area contributed by atoms with E-state index in [9.17, 15) is 8.42 Å². The van der Waals surface area contributed by atoms with E-state index >= 15 is 0 Å². The molecule has 1 fully saturated rings. The van der Waals surface area contributed by atoms with Gasteiger partial charge in [0.05, 0.1) is 10.7 Å². The van der Waals surface area contributed by atoms with Crippen molar-refractivity contribution < 1.29 is 8.42 Å². The number of nitrogens with one attached hydrogen (secondary N) is 1. The summed E-state index contributed by atoms with van der Waals surface area (Å²) >= 11 is 1.58. The van der Waals surface area contributed by atoms with Crippen molar-refractivity contribution in [3.8, 4) is 0 Å². The molecule has 0 spiro atoms. The summed E-state index contributed by atoms with van der Waals surface area (Å²) in [7, 11) is -1.38. The third-order valence-corrected chi connectivity index (χ3v) is 6.31. The SMILES string of the molecule is CCc1nc(C)c(CNS(=O)(=O)N2CCN(C)CC2)s1. The molecule has 0 amide bonds. The van der Waals surface area contributed by atoms with Gasteiger partial charge in [0, 0.05) is 37.6 Å². The minimum absolute atomic E-state index is 0.332. The molecule has 8 heteroatoms. The summed E-state index contributed by atoms with van der Waals surface area (Å²) < 4.78 is 28.7. The predicted octanol–water partition coefficient (Wildman–Crippen LogP) is 0.596. The Hall–Kier alpha value is -0.540. The molecule has 114 valence electrons. The zero-order valence-corrected chi connectivity index (χ0v) is 13.9. The number of thiazole rings is 1. The van der Waals surface area contributed by atoms with Crippen molar-refractivity contribution in [3.63, 3.8) is 0 Å². The van der Waals surface area contributed by atoms with E-state index in [-0.39, 0.29) is 0 Å². The van der Waals surface area contributed by atoms with Crippen LogP contribution in [-0.4, -0.2) is 55.8 Å². The number of aromatic nitrogens is 1. The summed E-state index contributed by atoms with van der Waals surface area (Å²) in [6, 6.07) is 0. The van der Waals surface area contributed by atoms with E-state index in [1.807, 2.05) is 14.0 Å². The summed E-state index contributed by atoms with van der Waals surface area (Å²) in [6.45, 7) is 6.96. The molecule has 20 heavy (non-hydrogen) atoms. The Balaban J connectivity index is 1.96. The molecule has 0 aromatic carbocycles. The highest BCUT2D eigenvalue weighted by Gasteiger charge is 2.25. The highest BCUT2D eigenvalue weighted by Crippen LogP contribution is 2.18. The first-order valence-corrected chi connectivity index (χ1v) is 9.06. The minimum atomic E-state index is -3.38. The lowest BCUT2D eigenvalue weighted by Crippen LogP contribution is -2.50. The number of hydrogen-bond acceptors (Lipinski definition) is 5. The molecule has 1 saturated heterocycles. The van der Waals surface area contributed by atoms with Crippen LogP contribution in [0.2, 0.25) is 0 Å². The van der Waals surface area contributed by atoms with Crippen LogP contribution in [0.1, 0.15) is 22.5 Å². The number of hydrogen-bond donors (Lipinski definition) is 1. The van der Waals surface area contributed by atoms with Crippen LogP contribution in [0.15, 0.2) is 0 Å². The molecule has 1 N–H and O–H groups in total. The lowest BCUT2D eigenvalue weighted by Gasteiger charge is -2.31. The molecule has 1 aromatic rings. The molecule has 1 aliphatic rings. The Kier molecular flexibility index (Phi) is 5.14. The summed E-state index contributed by atoms with van der Waals surface area (Å²) in [4.78, 5) is 7.55. The lowest BCUT2D eigenvalue weighted by atomic mass is 10.4. The lowest BCUT2D eigenvalue weighted by molar-refractivity contribution is 0.221. The summed E-state index contributed by atoms with van der Waals surface area (Å²) in [5.41, 5.74) is 0.924. The number of nitrogens with zero attached hydrogens (tertiary/aromatic N) is 3. The Morgan fingerprint density at radius 2 is 1.95 bits per heavy atom. The van der Waals surface area contributed by atoms with E-state index < -0.39 is 10.2 Å². The number of likely N-dealkylation sites (N-methyl/N-ethyl adjacent to an activating group) is 1. The second-order valence-corrected chi connectivity index (χ2v) is 7.92. The topological polar surface area (TPSA) is 65.5 Å². The fraction of sp³-hybridized carbons (Fsp3) is 0.750. The smallest absolute Gasteiger partial charge is 0.279 e. The van der Waals surface area contributed by atoms with Crippen LogP contribution in [0.4, 0.5) is 0 Å². The van der Waals surface area contributed by atoms with Crippen LogP contribution in [0.5, 0.6) is 0 Å². The quantitative estimate of drug-likeness (QED) is 0.863. The predicted molar refractivity (Wildman–Crippen MR) is 81.1 cm³/mol. The molecular formula is C12H22N4O2S2. The molecule has 0 bridgehead atoms.